The smallest absolute Gasteiger partial charge is 0.275 e. The molecule has 0 aliphatic carbocycles. The maximum atomic E-state index is 13.3. The highest BCUT2D eigenvalue weighted by Crippen LogP contribution is 2.34. The largest absolute Gasteiger partial charge is 0.349 e. The van der Waals surface area contributed by atoms with Crippen LogP contribution in [-0.4, -0.2) is 24.9 Å². The van der Waals surface area contributed by atoms with Crippen LogP contribution < -0.4 is 0 Å². The monoisotopic (exact) mass is 331 g/mol. The number of nitrogens with one attached hydrogen (secondary N) is 1. The van der Waals surface area contributed by atoms with E-state index >= 15 is 0 Å². The minimum atomic E-state index is -0.354. The fraction of sp³-hybridized carbons (Fsp3) is 0.133. The Morgan fingerprint density at radius 1 is 1.35 bits per heavy atom. The van der Waals surface area contributed by atoms with Crippen molar-refractivity contribution in [2.75, 3.05) is 0 Å². The summed E-state index contributed by atoms with van der Waals surface area (Å²) in [6, 6.07) is 6.23. The Morgan fingerprint density at radius 2 is 2.22 bits per heavy atom. The van der Waals surface area contributed by atoms with Crippen molar-refractivity contribution >= 4 is 22.5 Å². The summed E-state index contributed by atoms with van der Waals surface area (Å²) < 4.78 is 20.4. The predicted molar refractivity (Wildman–Crippen MR) is 82.6 cm³/mol. The van der Waals surface area contributed by atoms with Gasteiger partial charge in [0.15, 0.2) is 5.82 Å². The molecule has 8 heteroatoms. The molecule has 1 N–H and O–H groups in total. The van der Waals surface area contributed by atoms with Crippen LogP contribution in [0.1, 0.15) is 11.5 Å². The topological polar surface area (TPSA) is 72.5 Å². The van der Waals surface area contributed by atoms with Crippen molar-refractivity contribution in [1.82, 2.24) is 24.9 Å². The van der Waals surface area contributed by atoms with Gasteiger partial charge >= 0.3 is 0 Å². The van der Waals surface area contributed by atoms with Gasteiger partial charge in [-0.05, 0) is 24.3 Å². The second-order valence-electron chi connectivity index (χ2n) is 5.14. The molecule has 4 aromatic rings. The molecule has 6 nitrogen and oxygen atoms in total. The molecule has 116 valence electrons. The number of rotatable bonds is 3. The normalized spacial score (nSPS) is 11.4. The van der Waals surface area contributed by atoms with Gasteiger partial charge in [0.1, 0.15) is 11.5 Å². The molecule has 0 spiro atoms. The lowest BCUT2D eigenvalue weighted by molar-refractivity contribution is 0.422. The summed E-state index contributed by atoms with van der Waals surface area (Å²) in [6.45, 7) is 0. The summed E-state index contributed by atoms with van der Waals surface area (Å²) in [4.78, 5) is 7.43. The van der Waals surface area contributed by atoms with E-state index in [9.17, 15) is 4.39 Å². The summed E-state index contributed by atoms with van der Waals surface area (Å²) >= 11 is 6.30. The number of aromatic amines is 1. The van der Waals surface area contributed by atoms with Gasteiger partial charge in [0.05, 0.1) is 11.4 Å². The summed E-state index contributed by atoms with van der Waals surface area (Å²) in [5.74, 6) is 0.431. The zero-order valence-corrected chi connectivity index (χ0v) is 12.8. The highest BCUT2D eigenvalue weighted by Gasteiger charge is 2.18. The molecule has 3 aromatic heterocycles. The van der Waals surface area contributed by atoms with Crippen molar-refractivity contribution in [3.8, 4) is 11.6 Å². The van der Waals surface area contributed by atoms with Gasteiger partial charge in [-0.25, -0.2) is 4.39 Å². The van der Waals surface area contributed by atoms with Crippen molar-refractivity contribution in [1.29, 1.82) is 0 Å². The number of fused-ring (bicyclic) bond motifs is 1. The minimum Gasteiger partial charge on any atom is -0.349 e. The first-order valence-electron chi connectivity index (χ1n) is 6.88. The van der Waals surface area contributed by atoms with Gasteiger partial charge in [0, 0.05) is 29.8 Å². The van der Waals surface area contributed by atoms with Gasteiger partial charge in [0.2, 0.25) is 0 Å². The summed E-state index contributed by atoms with van der Waals surface area (Å²) in [5.41, 5.74) is 2.15. The molecule has 4 rings (SSSR count). The maximum Gasteiger partial charge on any atom is 0.275 e. The Bertz CT molecular complexity index is 1000. The zero-order valence-electron chi connectivity index (χ0n) is 12.0. The number of benzene rings is 1. The molecule has 0 aliphatic heterocycles. The fourth-order valence-electron chi connectivity index (χ4n) is 2.44. The van der Waals surface area contributed by atoms with E-state index in [-0.39, 0.29) is 11.7 Å². The van der Waals surface area contributed by atoms with Crippen LogP contribution in [0.25, 0.3) is 22.5 Å². The van der Waals surface area contributed by atoms with Gasteiger partial charge < -0.3 is 9.51 Å². The van der Waals surface area contributed by atoms with Gasteiger partial charge in [-0.2, -0.15) is 10.1 Å². The second kappa shape index (κ2) is 5.20. The van der Waals surface area contributed by atoms with Crippen molar-refractivity contribution < 1.29 is 8.91 Å². The van der Waals surface area contributed by atoms with E-state index in [1.165, 1.54) is 12.1 Å². The van der Waals surface area contributed by atoms with Crippen LogP contribution in [0.5, 0.6) is 0 Å². The first-order chi connectivity index (χ1) is 11.1. The number of aromatic nitrogens is 5. The van der Waals surface area contributed by atoms with E-state index in [4.69, 9.17) is 16.1 Å². The molecular weight excluding hydrogens is 321 g/mol. The van der Waals surface area contributed by atoms with Crippen LogP contribution in [0.4, 0.5) is 4.39 Å². The maximum absolute atomic E-state index is 13.3. The molecule has 3 heterocycles. The van der Waals surface area contributed by atoms with Crippen molar-refractivity contribution in [3.63, 3.8) is 0 Å². The molecule has 0 aliphatic rings. The van der Waals surface area contributed by atoms with E-state index in [0.29, 0.717) is 33.9 Å². The lowest BCUT2D eigenvalue weighted by atomic mass is 10.2. The summed E-state index contributed by atoms with van der Waals surface area (Å²) in [6.07, 6.45) is 2.20. The van der Waals surface area contributed by atoms with Gasteiger partial charge in [-0.15, -0.1) is 0 Å². The Kier molecular flexibility index (Phi) is 3.16. The highest BCUT2D eigenvalue weighted by atomic mass is 35.5. The van der Waals surface area contributed by atoms with Gasteiger partial charge in [-0.3, -0.25) is 4.68 Å². The number of hydrogen-bond donors (Lipinski definition) is 1. The molecule has 0 bridgehead atoms. The van der Waals surface area contributed by atoms with E-state index < -0.39 is 0 Å². The minimum absolute atomic E-state index is 0.267. The Morgan fingerprint density at radius 3 is 3.00 bits per heavy atom. The predicted octanol–water partition coefficient (Wildman–Crippen LogP) is 3.33. The van der Waals surface area contributed by atoms with Crippen LogP contribution in [-0.2, 0) is 13.5 Å². The standard InChI is InChI=1S/C15H11ClFN5O/c1-22-9(4-5-18-22)7-12-20-15(23-21-12)14-13(16)10-6-8(17)2-3-11(10)19-14/h2-6,19H,7H2,1H3. The molecule has 0 atom stereocenters. The third kappa shape index (κ3) is 2.39. The SMILES string of the molecule is Cn1nccc1Cc1noc(-c2[nH]c3ccc(F)cc3c2Cl)n1. The molecule has 0 radical (unpaired) electrons. The summed E-state index contributed by atoms with van der Waals surface area (Å²) in [7, 11) is 1.85. The average Bonchev–Trinajstić information content (AvgIpc) is 3.22. The van der Waals surface area contributed by atoms with E-state index in [1.54, 1.807) is 16.9 Å². The lowest BCUT2D eigenvalue weighted by Crippen LogP contribution is -2.00. The number of hydrogen-bond acceptors (Lipinski definition) is 4. The van der Waals surface area contributed by atoms with Crippen LogP contribution in [0, 0.1) is 5.82 Å². The van der Waals surface area contributed by atoms with E-state index in [2.05, 4.69) is 20.2 Å². The Labute approximate surface area is 134 Å². The Hall–Kier alpha value is -2.67. The quantitative estimate of drug-likeness (QED) is 0.625. The van der Waals surface area contributed by atoms with Gasteiger partial charge in [0.25, 0.3) is 5.89 Å². The summed E-state index contributed by atoms with van der Waals surface area (Å²) in [5, 5.41) is 8.99. The lowest BCUT2D eigenvalue weighted by Gasteiger charge is -1.96. The molecule has 0 saturated heterocycles. The highest BCUT2D eigenvalue weighted by molar-refractivity contribution is 6.38. The van der Waals surface area contributed by atoms with Crippen molar-refractivity contribution in [3.05, 3.63) is 52.8 Å². The third-order valence-corrected chi connectivity index (χ3v) is 4.03. The second-order valence-corrected chi connectivity index (χ2v) is 5.52. The average molecular weight is 332 g/mol. The molecule has 1 aromatic carbocycles. The van der Waals surface area contributed by atoms with Crippen LogP contribution in [0.2, 0.25) is 5.02 Å². The molecule has 0 saturated carbocycles. The first-order valence-corrected chi connectivity index (χ1v) is 7.26. The van der Waals surface area contributed by atoms with Crippen LogP contribution in [0.3, 0.4) is 0 Å². The van der Waals surface area contributed by atoms with Crippen LogP contribution in [0.15, 0.2) is 35.0 Å². The molecule has 23 heavy (non-hydrogen) atoms. The zero-order chi connectivity index (χ0) is 16.0. The van der Waals surface area contributed by atoms with Crippen molar-refractivity contribution in [2.24, 2.45) is 7.05 Å². The molecule has 0 unspecified atom stereocenters. The fourth-order valence-corrected chi connectivity index (χ4v) is 2.73. The number of H-pyrrole nitrogens is 1. The number of halogens is 2. The Balaban J connectivity index is 1.71. The van der Waals surface area contributed by atoms with E-state index in [1.807, 2.05) is 13.1 Å². The molecule has 0 fully saturated rings. The number of nitrogens with zero attached hydrogens (tertiary/aromatic N) is 4. The first kappa shape index (κ1) is 14.0. The molecular formula is C15H11ClFN5O. The molecule has 0 amide bonds. The third-order valence-electron chi connectivity index (χ3n) is 3.64. The van der Waals surface area contributed by atoms with Crippen LogP contribution >= 0.6 is 11.6 Å². The number of aryl methyl sites for hydroxylation is 1. The van der Waals surface area contributed by atoms with Gasteiger partial charge in [-0.1, -0.05) is 16.8 Å². The van der Waals surface area contributed by atoms with E-state index in [0.717, 1.165) is 5.69 Å². The van der Waals surface area contributed by atoms with Crippen molar-refractivity contribution in [2.45, 2.75) is 6.42 Å².